The van der Waals surface area contributed by atoms with Crippen LogP contribution in [0.4, 0.5) is 0 Å². The molecule has 1 rings (SSSR count). The average Bonchev–Trinajstić information content (AvgIpc) is 2.32. The molecule has 1 heterocycles. The van der Waals surface area contributed by atoms with Crippen molar-refractivity contribution >= 4 is 29.9 Å². The van der Waals surface area contributed by atoms with Gasteiger partial charge in [-0.3, -0.25) is 14.5 Å². The largest absolute Gasteiger partial charge is 0.301 e. The molecule has 0 aromatic rings. The van der Waals surface area contributed by atoms with Crippen LogP contribution in [0, 0.1) is 0 Å². The van der Waals surface area contributed by atoms with Crippen molar-refractivity contribution in [2.75, 3.05) is 12.8 Å². The highest BCUT2D eigenvalue weighted by atomic mass is 32.2. The minimum Gasteiger partial charge on any atom is -0.301 e. The molecule has 1 saturated heterocycles. The summed E-state index contributed by atoms with van der Waals surface area (Å²) in [7, 11) is 0. The van der Waals surface area contributed by atoms with E-state index in [1.165, 1.54) is 11.8 Å². The molecule has 1 unspecified atom stereocenters. The first-order valence-corrected chi connectivity index (χ1v) is 4.80. The monoisotopic (exact) mass is 187 g/mol. The van der Waals surface area contributed by atoms with E-state index in [-0.39, 0.29) is 30.0 Å². The molecular weight excluding hydrogens is 178 g/mol. The third-order valence-corrected chi connectivity index (χ3v) is 2.68. The Morgan fingerprint density at radius 3 is 2.75 bits per heavy atom. The first-order chi connectivity index (χ1) is 5.70. The highest BCUT2D eigenvalue weighted by molar-refractivity contribution is 8.00. The maximum Gasteiger partial charge on any atom is 0.243 e. The minimum absolute atomic E-state index is 0.102. The Labute approximate surface area is 74.3 Å². The predicted molar refractivity (Wildman–Crippen MR) is 44.7 cm³/mol. The molecule has 2 amide bonds. The number of hydrogen-bond donors (Lipinski definition) is 0. The van der Waals surface area contributed by atoms with E-state index < -0.39 is 0 Å². The number of rotatable bonds is 3. The molecular formula is C7H9NO3S. The molecule has 66 valence electrons. The molecule has 0 aromatic carbocycles. The molecule has 0 bridgehead atoms. The summed E-state index contributed by atoms with van der Waals surface area (Å²) in [5.74, 6) is -0.481. The predicted octanol–water partition coefficient (Wildman–Crippen LogP) is -0.324. The fourth-order valence-electron chi connectivity index (χ4n) is 1.10. The standard InChI is InChI=1S/C7H9NO3S/c1-12-5-4-6(10)8(2-3-9)7(5)11/h3,5H,2,4H2,1H3. The smallest absolute Gasteiger partial charge is 0.243 e. The van der Waals surface area contributed by atoms with Crippen molar-refractivity contribution in [3.8, 4) is 0 Å². The number of likely N-dealkylation sites (tertiary alicyclic amines) is 1. The summed E-state index contributed by atoms with van der Waals surface area (Å²) in [5, 5.41) is -0.280. The van der Waals surface area contributed by atoms with Crippen LogP contribution in [0.15, 0.2) is 0 Å². The van der Waals surface area contributed by atoms with E-state index in [1.54, 1.807) is 6.26 Å². The maximum atomic E-state index is 11.3. The fourth-order valence-corrected chi connectivity index (χ4v) is 1.74. The van der Waals surface area contributed by atoms with Crippen LogP contribution >= 0.6 is 11.8 Å². The minimum atomic E-state index is -0.280. The molecule has 0 spiro atoms. The van der Waals surface area contributed by atoms with E-state index >= 15 is 0 Å². The molecule has 1 atom stereocenters. The molecule has 0 radical (unpaired) electrons. The van der Waals surface area contributed by atoms with Crippen molar-refractivity contribution < 1.29 is 14.4 Å². The van der Waals surface area contributed by atoms with Crippen molar-refractivity contribution in [3.63, 3.8) is 0 Å². The lowest BCUT2D eigenvalue weighted by atomic mass is 10.4. The van der Waals surface area contributed by atoms with Gasteiger partial charge in [0.05, 0.1) is 11.8 Å². The van der Waals surface area contributed by atoms with Crippen molar-refractivity contribution in [1.82, 2.24) is 4.90 Å². The second-order valence-electron chi connectivity index (χ2n) is 2.44. The zero-order chi connectivity index (χ0) is 9.14. The van der Waals surface area contributed by atoms with Gasteiger partial charge in [-0.05, 0) is 6.26 Å². The molecule has 1 aliphatic rings. The van der Waals surface area contributed by atoms with E-state index in [9.17, 15) is 14.4 Å². The van der Waals surface area contributed by atoms with Crippen molar-refractivity contribution in [3.05, 3.63) is 0 Å². The van der Waals surface area contributed by atoms with Gasteiger partial charge in [-0.15, -0.1) is 0 Å². The van der Waals surface area contributed by atoms with Gasteiger partial charge in [0, 0.05) is 6.42 Å². The topological polar surface area (TPSA) is 54.5 Å². The van der Waals surface area contributed by atoms with E-state index in [4.69, 9.17) is 0 Å². The molecule has 0 aromatic heterocycles. The zero-order valence-corrected chi connectivity index (χ0v) is 7.47. The fraction of sp³-hybridized carbons (Fsp3) is 0.571. The summed E-state index contributed by atoms with van der Waals surface area (Å²) >= 11 is 1.35. The van der Waals surface area contributed by atoms with Crippen molar-refractivity contribution in [2.45, 2.75) is 11.7 Å². The number of imide groups is 1. The Morgan fingerprint density at radius 2 is 2.33 bits per heavy atom. The van der Waals surface area contributed by atoms with Gasteiger partial charge in [-0.1, -0.05) is 0 Å². The SMILES string of the molecule is CSC1CC(=O)N(CC=O)C1=O. The molecule has 5 heteroatoms. The van der Waals surface area contributed by atoms with Gasteiger partial charge in [0.1, 0.15) is 6.29 Å². The van der Waals surface area contributed by atoms with Crippen LogP contribution in [0.1, 0.15) is 6.42 Å². The summed E-state index contributed by atoms with van der Waals surface area (Å²) in [5.41, 5.74) is 0. The summed E-state index contributed by atoms with van der Waals surface area (Å²) in [6, 6.07) is 0. The van der Waals surface area contributed by atoms with Crippen molar-refractivity contribution in [2.24, 2.45) is 0 Å². The Morgan fingerprint density at radius 1 is 1.67 bits per heavy atom. The van der Waals surface area contributed by atoms with E-state index in [2.05, 4.69) is 0 Å². The van der Waals surface area contributed by atoms with Crippen LogP contribution in [0.5, 0.6) is 0 Å². The summed E-state index contributed by atoms with van der Waals surface area (Å²) in [6.07, 6.45) is 2.58. The van der Waals surface area contributed by atoms with Gasteiger partial charge in [0.15, 0.2) is 0 Å². The van der Waals surface area contributed by atoms with Crippen LogP contribution in [0.25, 0.3) is 0 Å². The zero-order valence-electron chi connectivity index (χ0n) is 6.65. The van der Waals surface area contributed by atoms with Gasteiger partial charge in [-0.2, -0.15) is 11.8 Å². The number of hydrogen-bond acceptors (Lipinski definition) is 4. The lowest BCUT2D eigenvalue weighted by Crippen LogP contribution is -2.32. The quantitative estimate of drug-likeness (QED) is 0.448. The summed E-state index contributed by atoms with van der Waals surface area (Å²) < 4.78 is 0. The van der Waals surface area contributed by atoms with Crippen LogP contribution in [-0.2, 0) is 14.4 Å². The molecule has 0 N–H and O–H groups in total. The Balaban J connectivity index is 2.70. The second-order valence-corrected chi connectivity index (χ2v) is 3.48. The first kappa shape index (κ1) is 9.25. The third-order valence-electron chi connectivity index (χ3n) is 1.74. The average molecular weight is 187 g/mol. The van der Waals surface area contributed by atoms with Crippen LogP contribution in [0.3, 0.4) is 0 Å². The van der Waals surface area contributed by atoms with E-state index in [1.807, 2.05) is 0 Å². The van der Waals surface area contributed by atoms with Gasteiger partial charge < -0.3 is 4.79 Å². The molecule has 0 aliphatic carbocycles. The van der Waals surface area contributed by atoms with Crippen LogP contribution in [0.2, 0.25) is 0 Å². The van der Waals surface area contributed by atoms with Gasteiger partial charge in [0.2, 0.25) is 11.8 Å². The number of amides is 2. The van der Waals surface area contributed by atoms with E-state index in [0.717, 1.165) is 4.90 Å². The lowest BCUT2D eigenvalue weighted by Gasteiger charge is -2.09. The Bertz CT molecular complexity index is 229. The number of aldehydes is 1. The van der Waals surface area contributed by atoms with Crippen LogP contribution in [-0.4, -0.2) is 41.1 Å². The van der Waals surface area contributed by atoms with Gasteiger partial charge in [0.25, 0.3) is 0 Å². The number of nitrogens with zero attached hydrogens (tertiary/aromatic N) is 1. The first-order valence-electron chi connectivity index (χ1n) is 3.51. The van der Waals surface area contributed by atoms with E-state index in [0.29, 0.717) is 6.29 Å². The number of thioether (sulfide) groups is 1. The van der Waals surface area contributed by atoms with Crippen LogP contribution < -0.4 is 0 Å². The van der Waals surface area contributed by atoms with Gasteiger partial charge >= 0.3 is 0 Å². The molecule has 1 fully saturated rings. The number of carbonyl (C=O) groups excluding carboxylic acids is 3. The summed E-state index contributed by atoms with van der Waals surface area (Å²) in [4.78, 5) is 33.4. The molecule has 1 aliphatic heterocycles. The Kier molecular flexibility index (Phi) is 2.86. The molecule has 12 heavy (non-hydrogen) atoms. The normalized spacial score (nSPS) is 23.4. The Hall–Kier alpha value is -0.840. The maximum absolute atomic E-state index is 11.3. The lowest BCUT2D eigenvalue weighted by molar-refractivity contribution is -0.139. The molecule has 0 saturated carbocycles. The highest BCUT2D eigenvalue weighted by Gasteiger charge is 2.37. The number of carbonyl (C=O) groups is 3. The van der Waals surface area contributed by atoms with Crippen molar-refractivity contribution in [1.29, 1.82) is 0 Å². The van der Waals surface area contributed by atoms with Gasteiger partial charge in [-0.25, -0.2) is 0 Å². The highest BCUT2D eigenvalue weighted by Crippen LogP contribution is 2.22. The third kappa shape index (κ3) is 1.50. The second kappa shape index (κ2) is 3.71. The molecule has 4 nitrogen and oxygen atoms in total. The summed E-state index contributed by atoms with van der Waals surface area (Å²) in [6.45, 7) is -0.102.